The van der Waals surface area contributed by atoms with Crippen LogP contribution in [0.1, 0.15) is 251 Å². The molecule has 0 aliphatic carbocycles. The van der Waals surface area contributed by atoms with Gasteiger partial charge in [-0.05, 0) is 68.6 Å². The maximum atomic E-state index is 12.8. The van der Waals surface area contributed by atoms with Crippen molar-refractivity contribution in [2.45, 2.75) is 281 Å². The monoisotopic (exact) mass is 955 g/mol. The number of ether oxygens (including phenoxy) is 5. The molecule has 8 nitrogen and oxygen atoms in total. The fraction of sp³-hybridized carbons (Fsp3) is 0.754. The summed E-state index contributed by atoms with van der Waals surface area (Å²) in [5, 5.41) is 0. The molecular formula is C61H94O8. The third kappa shape index (κ3) is 39.5. The van der Waals surface area contributed by atoms with Gasteiger partial charge in [-0.1, -0.05) is 210 Å². The normalized spacial score (nSPS) is 16.7. The first-order chi connectivity index (χ1) is 34.0. The van der Waals surface area contributed by atoms with Gasteiger partial charge in [0.15, 0.2) is 6.10 Å². The molecule has 0 aromatic carbocycles. The fourth-order valence-electron chi connectivity index (χ4n) is 8.29. The highest BCUT2D eigenvalue weighted by molar-refractivity contribution is 5.71. The Morgan fingerprint density at radius 2 is 0.826 bits per heavy atom. The lowest BCUT2D eigenvalue weighted by Gasteiger charge is -2.18. The Kier molecular flexibility index (Phi) is 40.1. The number of carbonyl (C=O) groups excluding carboxylic acids is 3. The van der Waals surface area contributed by atoms with Crippen LogP contribution in [0.25, 0.3) is 0 Å². The van der Waals surface area contributed by atoms with E-state index in [9.17, 15) is 14.4 Å². The molecule has 69 heavy (non-hydrogen) atoms. The van der Waals surface area contributed by atoms with Crippen LogP contribution in [0.4, 0.5) is 0 Å². The van der Waals surface area contributed by atoms with Crippen LogP contribution in [0, 0.1) is 47.4 Å². The van der Waals surface area contributed by atoms with E-state index in [0.717, 1.165) is 57.8 Å². The van der Waals surface area contributed by atoms with Gasteiger partial charge in [-0.2, -0.15) is 0 Å². The molecule has 2 saturated heterocycles. The van der Waals surface area contributed by atoms with Crippen LogP contribution in [0.2, 0.25) is 0 Å². The molecule has 386 valence electrons. The summed E-state index contributed by atoms with van der Waals surface area (Å²) in [7, 11) is 0. The van der Waals surface area contributed by atoms with E-state index in [4.69, 9.17) is 23.7 Å². The Balaban J connectivity index is 1.64. The van der Waals surface area contributed by atoms with Crippen molar-refractivity contribution in [3.63, 3.8) is 0 Å². The number of allylic oxidation sites excluding steroid dienone is 2. The second kappa shape index (κ2) is 45.2. The van der Waals surface area contributed by atoms with Gasteiger partial charge in [0.25, 0.3) is 0 Å². The maximum absolute atomic E-state index is 12.8. The average molecular weight is 955 g/mol. The number of esters is 3. The standard InChI is InChI=1S/C61H94O8/c1-4-7-10-13-16-17-18-19-20-21-22-23-24-25-26-27-30-33-42-49-59(62)65-52-54(67-61(64)51-44-37-35-41-48-58-56(69-58)46-39-32-29-15-12-9-6-3)53-66-60(63)50-43-36-34-40-47-57-55(68-57)45-38-31-28-14-11-8-5-2/h5-6,54-58H,2-4,7-33,38-39,42-46,49-53H2,1H3/t54?,55-,56-,57-,58-/m0/s1. The van der Waals surface area contributed by atoms with Crippen molar-refractivity contribution < 1.29 is 38.1 Å². The quantitative estimate of drug-likeness (QED) is 0.0148. The highest BCUT2D eigenvalue weighted by Crippen LogP contribution is 2.28. The SMILES string of the molecule is C=CCCCCCCC[C@@H]1O[C@H]1C#CC#CCCC(=O)OCC(COC(=O)CCCCCCCCCCCCCCCCCCCCC)OC(=O)CCC#CC#C[C@@H]1O[C@H]1CCCCCCCC=C. The van der Waals surface area contributed by atoms with Crippen molar-refractivity contribution >= 4 is 17.9 Å². The third-order valence-electron chi connectivity index (χ3n) is 12.7. The Hall–Kier alpha value is -3.95. The molecule has 0 spiro atoms. The van der Waals surface area contributed by atoms with E-state index >= 15 is 0 Å². The highest BCUT2D eigenvalue weighted by Gasteiger charge is 2.37. The first kappa shape index (κ1) is 61.2. The predicted octanol–water partition coefficient (Wildman–Crippen LogP) is 14.7. The molecule has 0 N–H and O–H groups in total. The van der Waals surface area contributed by atoms with E-state index in [1.807, 2.05) is 12.2 Å². The van der Waals surface area contributed by atoms with Crippen molar-refractivity contribution in [3.8, 4) is 47.4 Å². The van der Waals surface area contributed by atoms with Gasteiger partial charge in [-0.15, -0.1) is 13.2 Å². The summed E-state index contributed by atoms with van der Waals surface area (Å²) in [5.41, 5.74) is 0. The second-order valence-corrected chi connectivity index (χ2v) is 19.2. The van der Waals surface area contributed by atoms with Gasteiger partial charge in [0.1, 0.15) is 25.4 Å². The van der Waals surface area contributed by atoms with Crippen LogP contribution in [-0.2, 0) is 38.1 Å². The minimum absolute atomic E-state index is 0.0292. The molecule has 0 aromatic rings. The molecule has 0 amide bonds. The number of rotatable bonds is 45. The van der Waals surface area contributed by atoms with Gasteiger partial charge in [0.05, 0.1) is 25.0 Å². The molecule has 1 unspecified atom stereocenters. The van der Waals surface area contributed by atoms with Crippen LogP contribution in [0.15, 0.2) is 25.3 Å². The minimum atomic E-state index is -0.931. The number of epoxide rings is 2. The summed E-state index contributed by atoms with van der Waals surface area (Å²) in [4.78, 5) is 38.0. The summed E-state index contributed by atoms with van der Waals surface area (Å²) < 4.78 is 27.8. The average Bonchev–Trinajstić information content (AvgIpc) is 4.29. The van der Waals surface area contributed by atoms with E-state index in [0.29, 0.717) is 6.42 Å². The molecule has 2 fully saturated rings. The van der Waals surface area contributed by atoms with Gasteiger partial charge in [0.2, 0.25) is 0 Å². The molecule has 2 rings (SSSR count). The van der Waals surface area contributed by atoms with Crippen molar-refractivity contribution in [2.75, 3.05) is 13.2 Å². The summed E-state index contributed by atoms with van der Waals surface area (Å²) in [6, 6.07) is 0. The first-order valence-corrected chi connectivity index (χ1v) is 28.0. The lowest BCUT2D eigenvalue weighted by Crippen LogP contribution is -2.30. The Morgan fingerprint density at radius 3 is 1.25 bits per heavy atom. The third-order valence-corrected chi connectivity index (χ3v) is 12.7. The fourth-order valence-corrected chi connectivity index (χ4v) is 8.29. The van der Waals surface area contributed by atoms with Gasteiger partial charge in [-0.25, -0.2) is 0 Å². The second-order valence-electron chi connectivity index (χ2n) is 19.2. The van der Waals surface area contributed by atoms with Crippen LogP contribution in [-0.4, -0.2) is 61.6 Å². The molecular weight excluding hydrogens is 861 g/mol. The number of unbranched alkanes of at least 4 members (excludes halogenated alkanes) is 28. The zero-order valence-corrected chi connectivity index (χ0v) is 43.5. The van der Waals surface area contributed by atoms with Gasteiger partial charge < -0.3 is 23.7 Å². The zero-order chi connectivity index (χ0) is 49.5. The smallest absolute Gasteiger partial charge is 0.307 e. The molecule has 8 heteroatoms. The number of hydrogen-bond donors (Lipinski definition) is 0. The van der Waals surface area contributed by atoms with Crippen LogP contribution in [0.5, 0.6) is 0 Å². The van der Waals surface area contributed by atoms with Gasteiger partial charge in [0, 0.05) is 19.3 Å². The van der Waals surface area contributed by atoms with Crippen molar-refractivity contribution in [3.05, 3.63) is 25.3 Å². The topological polar surface area (TPSA) is 104 Å². The van der Waals surface area contributed by atoms with E-state index in [-0.39, 0.29) is 69.3 Å². The molecule has 2 aliphatic heterocycles. The van der Waals surface area contributed by atoms with Crippen LogP contribution in [0.3, 0.4) is 0 Å². The molecule has 0 bridgehead atoms. The van der Waals surface area contributed by atoms with Crippen molar-refractivity contribution in [2.24, 2.45) is 0 Å². The molecule has 2 heterocycles. The molecule has 5 atom stereocenters. The Labute approximate surface area is 421 Å². The zero-order valence-electron chi connectivity index (χ0n) is 43.5. The maximum Gasteiger partial charge on any atom is 0.307 e. The highest BCUT2D eigenvalue weighted by atomic mass is 16.6. The lowest BCUT2D eigenvalue weighted by atomic mass is 10.0. The predicted molar refractivity (Wildman–Crippen MR) is 282 cm³/mol. The largest absolute Gasteiger partial charge is 0.462 e. The van der Waals surface area contributed by atoms with Crippen molar-refractivity contribution in [1.29, 1.82) is 0 Å². The lowest BCUT2D eigenvalue weighted by molar-refractivity contribution is -0.166. The molecule has 0 saturated carbocycles. The summed E-state index contributed by atoms with van der Waals surface area (Å²) >= 11 is 0. The summed E-state index contributed by atoms with van der Waals surface area (Å²) in [6.45, 7) is 9.40. The van der Waals surface area contributed by atoms with Crippen molar-refractivity contribution in [1.82, 2.24) is 0 Å². The van der Waals surface area contributed by atoms with Crippen LogP contribution < -0.4 is 0 Å². The Bertz CT molecular complexity index is 1620. The molecule has 0 aromatic heterocycles. The summed E-state index contributed by atoms with van der Waals surface area (Å²) in [5.74, 6) is 21.9. The minimum Gasteiger partial charge on any atom is -0.462 e. The van der Waals surface area contributed by atoms with E-state index in [2.05, 4.69) is 67.4 Å². The molecule has 2 aliphatic rings. The van der Waals surface area contributed by atoms with E-state index in [1.54, 1.807) is 0 Å². The van der Waals surface area contributed by atoms with E-state index < -0.39 is 18.0 Å². The number of carbonyl (C=O) groups is 3. The van der Waals surface area contributed by atoms with Crippen LogP contribution >= 0.6 is 0 Å². The number of hydrogen-bond acceptors (Lipinski definition) is 8. The van der Waals surface area contributed by atoms with Gasteiger partial charge in [-0.3, -0.25) is 14.4 Å². The molecule has 0 radical (unpaired) electrons. The Morgan fingerprint density at radius 1 is 0.464 bits per heavy atom. The van der Waals surface area contributed by atoms with E-state index in [1.165, 1.54) is 154 Å². The summed E-state index contributed by atoms with van der Waals surface area (Å²) in [6.07, 6.45) is 45.1. The van der Waals surface area contributed by atoms with Gasteiger partial charge >= 0.3 is 17.9 Å². The first-order valence-electron chi connectivity index (χ1n) is 28.0.